The number of unbranched alkanes of at least 4 members (excludes halogenated alkanes) is 3. The molecule has 1 atom stereocenters. The first kappa shape index (κ1) is 14.1. The van der Waals surface area contributed by atoms with Gasteiger partial charge in [0.1, 0.15) is 6.04 Å². The Morgan fingerprint density at radius 1 is 1.40 bits per heavy atom. The van der Waals surface area contributed by atoms with E-state index in [9.17, 15) is 4.79 Å². The number of methoxy groups -OCH3 is 1. The van der Waals surface area contributed by atoms with E-state index in [2.05, 4.69) is 11.9 Å². The molecule has 0 aliphatic carbocycles. The van der Waals surface area contributed by atoms with E-state index in [1.54, 1.807) is 0 Å². The molecule has 0 N–H and O–H groups in total. The lowest BCUT2D eigenvalue weighted by molar-refractivity contribution is -0.143. The molecular formula is C12H23NO2. The molecule has 0 saturated heterocycles. The van der Waals surface area contributed by atoms with Crippen LogP contribution in [0.3, 0.4) is 0 Å². The highest BCUT2D eigenvalue weighted by molar-refractivity contribution is 5.78. The van der Waals surface area contributed by atoms with Gasteiger partial charge in [0.05, 0.1) is 7.11 Å². The van der Waals surface area contributed by atoms with Crippen molar-refractivity contribution in [1.82, 2.24) is 0 Å². The predicted molar refractivity (Wildman–Crippen MR) is 63.3 cm³/mol. The minimum Gasteiger partial charge on any atom is -0.467 e. The number of nitrogens with zero attached hydrogens (tertiary/aromatic N) is 1. The molecule has 0 aliphatic heterocycles. The number of ether oxygens (including phenoxy) is 1. The molecule has 0 fully saturated rings. The predicted octanol–water partition coefficient (Wildman–Crippen LogP) is 2.84. The van der Waals surface area contributed by atoms with E-state index in [-0.39, 0.29) is 17.9 Å². The van der Waals surface area contributed by atoms with Crippen LogP contribution in [-0.4, -0.2) is 25.3 Å². The van der Waals surface area contributed by atoms with Crippen molar-refractivity contribution in [3.8, 4) is 0 Å². The molecule has 0 bridgehead atoms. The highest BCUT2D eigenvalue weighted by Crippen LogP contribution is 2.08. The summed E-state index contributed by atoms with van der Waals surface area (Å²) >= 11 is 0. The van der Waals surface area contributed by atoms with Crippen LogP contribution in [0.25, 0.3) is 0 Å². The van der Waals surface area contributed by atoms with Crippen LogP contribution in [0.2, 0.25) is 0 Å². The summed E-state index contributed by atoms with van der Waals surface area (Å²) in [5, 5.41) is 0. The lowest BCUT2D eigenvalue weighted by atomic mass is 10.1. The van der Waals surface area contributed by atoms with Crippen LogP contribution < -0.4 is 0 Å². The van der Waals surface area contributed by atoms with Crippen molar-refractivity contribution in [2.75, 3.05) is 7.11 Å². The molecule has 0 heterocycles. The molecule has 0 aromatic rings. The van der Waals surface area contributed by atoms with E-state index in [1.165, 1.54) is 20.0 Å². The molecule has 0 aromatic carbocycles. The summed E-state index contributed by atoms with van der Waals surface area (Å²) in [7, 11) is 1.41. The molecule has 0 rings (SSSR count). The first-order valence-corrected chi connectivity index (χ1v) is 5.72. The van der Waals surface area contributed by atoms with Gasteiger partial charge in [-0.3, -0.25) is 4.99 Å². The van der Waals surface area contributed by atoms with Crippen molar-refractivity contribution in [1.29, 1.82) is 0 Å². The molecule has 0 aromatic heterocycles. The van der Waals surface area contributed by atoms with Gasteiger partial charge in [-0.05, 0) is 25.0 Å². The number of carbonyl (C=O) groups is 1. The maximum Gasteiger partial charge on any atom is 0.330 e. The maximum absolute atomic E-state index is 11.3. The average molecular weight is 213 g/mol. The molecule has 0 spiro atoms. The largest absolute Gasteiger partial charge is 0.467 e. The van der Waals surface area contributed by atoms with Crippen molar-refractivity contribution in [3.05, 3.63) is 0 Å². The van der Waals surface area contributed by atoms with E-state index >= 15 is 0 Å². The molecule has 0 saturated carbocycles. The third-order valence-corrected chi connectivity index (χ3v) is 2.28. The second-order valence-electron chi connectivity index (χ2n) is 4.04. The summed E-state index contributed by atoms with van der Waals surface area (Å²) in [6.07, 6.45) is 6.38. The minimum atomic E-state index is -0.336. The van der Waals surface area contributed by atoms with Crippen LogP contribution in [-0.2, 0) is 9.53 Å². The van der Waals surface area contributed by atoms with E-state index in [0.717, 1.165) is 12.8 Å². The summed E-state index contributed by atoms with van der Waals surface area (Å²) < 4.78 is 4.70. The van der Waals surface area contributed by atoms with Gasteiger partial charge in [0.2, 0.25) is 0 Å². The van der Waals surface area contributed by atoms with Gasteiger partial charge >= 0.3 is 5.97 Å². The Labute approximate surface area is 92.9 Å². The number of hydrogen-bond acceptors (Lipinski definition) is 3. The lowest BCUT2D eigenvalue weighted by Crippen LogP contribution is -2.25. The zero-order valence-corrected chi connectivity index (χ0v) is 10.3. The van der Waals surface area contributed by atoms with Gasteiger partial charge in [0, 0.05) is 0 Å². The third kappa shape index (κ3) is 6.26. The Kier molecular flexibility index (Phi) is 7.96. The van der Waals surface area contributed by atoms with Crippen molar-refractivity contribution < 1.29 is 9.53 Å². The first-order valence-electron chi connectivity index (χ1n) is 5.72. The molecule has 15 heavy (non-hydrogen) atoms. The van der Waals surface area contributed by atoms with Gasteiger partial charge in [-0.25, -0.2) is 4.79 Å². The summed E-state index contributed by atoms with van der Waals surface area (Å²) in [6.45, 7) is 6.12. The van der Waals surface area contributed by atoms with E-state index in [1.807, 2.05) is 20.1 Å². The van der Waals surface area contributed by atoms with Crippen LogP contribution in [0.5, 0.6) is 0 Å². The zero-order chi connectivity index (χ0) is 11.7. The fourth-order valence-electron chi connectivity index (χ4n) is 1.30. The van der Waals surface area contributed by atoms with Gasteiger partial charge in [-0.2, -0.15) is 0 Å². The fraction of sp³-hybridized carbons (Fsp3) is 0.833. The van der Waals surface area contributed by atoms with Crippen molar-refractivity contribution in [2.45, 2.75) is 52.5 Å². The molecule has 0 amide bonds. The van der Waals surface area contributed by atoms with Crippen LogP contribution in [0.15, 0.2) is 4.99 Å². The maximum atomic E-state index is 11.3. The molecule has 88 valence electrons. The minimum absolute atomic E-state index is 0.194. The first-order chi connectivity index (χ1) is 7.13. The van der Waals surface area contributed by atoms with Gasteiger partial charge in [0.15, 0.2) is 0 Å². The van der Waals surface area contributed by atoms with Crippen molar-refractivity contribution in [2.24, 2.45) is 10.9 Å². The van der Waals surface area contributed by atoms with Crippen molar-refractivity contribution in [3.63, 3.8) is 0 Å². The molecule has 3 nitrogen and oxygen atoms in total. The smallest absolute Gasteiger partial charge is 0.330 e. The second kappa shape index (κ2) is 8.45. The van der Waals surface area contributed by atoms with E-state index < -0.39 is 0 Å². The SMILES string of the molecule is CCCCCC=N[C@H](C(=O)OC)C(C)C. The Hall–Kier alpha value is -0.860. The molecule has 0 aliphatic rings. The Morgan fingerprint density at radius 3 is 2.53 bits per heavy atom. The number of hydrogen-bond donors (Lipinski definition) is 0. The molecular weight excluding hydrogens is 190 g/mol. The summed E-state index contributed by atoms with van der Waals surface area (Å²) in [6, 6.07) is -0.336. The lowest BCUT2D eigenvalue weighted by Gasteiger charge is -2.13. The number of rotatable bonds is 7. The Bertz CT molecular complexity index is 200. The summed E-state index contributed by atoms with van der Waals surface area (Å²) in [4.78, 5) is 15.6. The van der Waals surface area contributed by atoms with Gasteiger partial charge in [-0.15, -0.1) is 0 Å². The summed E-state index contributed by atoms with van der Waals surface area (Å²) in [5.41, 5.74) is 0. The van der Waals surface area contributed by atoms with E-state index in [0.29, 0.717) is 0 Å². The second-order valence-corrected chi connectivity index (χ2v) is 4.04. The third-order valence-electron chi connectivity index (χ3n) is 2.28. The van der Waals surface area contributed by atoms with Crippen LogP contribution in [0.4, 0.5) is 0 Å². The van der Waals surface area contributed by atoms with Crippen molar-refractivity contribution >= 4 is 12.2 Å². The highest BCUT2D eigenvalue weighted by Gasteiger charge is 2.20. The standard InChI is InChI=1S/C12H23NO2/c1-5-6-7-8-9-13-11(10(2)3)12(14)15-4/h9-11H,5-8H2,1-4H3/t11-/m0/s1. The quantitative estimate of drug-likeness (QED) is 0.370. The Balaban J connectivity index is 4.00. The van der Waals surface area contributed by atoms with Gasteiger partial charge in [-0.1, -0.05) is 33.6 Å². The van der Waals surface area contributed by atoms with Gasteiger partial charge < -0.3 is 4.74 Å². The Morgan fingerprint density at radius 2 is 2.07 bits per heavy atom. The van der Waals surface area contributed by atoms with Crippen LogP contribution in [0.1, 0.15) is 46.5 Å². The number of aliphatic imine (C=N–C) groups is 1. The average Bonchev–Trinajstić information content (AvgIpc) is 2.22. The fourth-order valence-corrected chi connectivity index (χ4v) is 1.30. The van der Waals surface area contributed by atoms with Crippen LogP contribution >= 0.6 is 0 Å². The number of carbonyl (C=O) groups excluding carboxylic acids is 1. The summed E-state index contributed by atoms with van der Waals surface area (Å²) in [5.74, 6) is -0.0448. The molecule has 0 unspecified atom stereocenters. The molecule has 3 heteroatoms. The zero-order valence-electron chi connectivity index (χ0n) is 10.3. The topological polar surface area (TPSA) is 38.7 Å². The van der Waals surface area contributed by atoms with E-state index in [4.69, 9.17) is 4.74 Å². The molecule has 0 radical (unpaired) electrons. The van der Waals surface area contributed by atoms with Gasteiger partial charge in [0.25, 0.3) is 0 Å². The number of esters is 1. The highest BCUT2D eigenvalue weighted by atomic mass is 16.5. The normalized spacial score (nSPS) is 13.4. The van der Waals surface area contributed by atoms with Crippen LogP contribution in [0, 0.1) is 5.92 Å². The monoisotopic (exact) mass is 213 g/mol.